The van der Waals surface area contributed by atoms with Crippen LogP contribution in [0, 0.1) is 5.92 Å². The van der Waals surface area contributed by atoms with E-state index in [0.29, 0.717) is 13.2 Å². The largest absolute Gasteiger partial charge is 0.481 e. The molecule has 98 valence electrons. The number of aryl methyl sites for hydroxylation is 1. The van der Waals surface area contributed by atoms with Crippen molar-refractivity contribution in [3.8, 4) is 0 Å². The minimum atomic E-state index is -0.737. The molecule has 1 heterocycles. The third-order valence-corrected chi connectivity index (χ3v) is 4.08. The van der Waals surface area contributed by atoms with Crippen molar-refractivity contribution in [2.24, 2.45) is 5.92 Å². The lowest BCUT2D eigenvalue weighted by molar-refractivity contribution is -0.142. The lowest BCUT2D eigenvalue weighted by atomic mass is 9.68. The smallest absolute Gasteiger partial charge is 0.303 e. The Morgan fingerprint density at radius 3 is 2.39 bits per heavy atom. The highest BCUT2D eigenvalue weighted by atomic mass is 16.5. The van der Waals surface area contributed by atoms with Gasteiger partial charge in [0.2, 0.25) is 0 Å². The number of carboxylic acids is 1. The molecule has 1 saturated heterocycles. The van der Waals surface area contributed by atoms with Crippen molar-refractivity contribution in [1.29, 1.82) is 0 Å². The van der Waals surface area contributed by atoms with Crippen LogP contribution in [0.5, 0.6) is 0 Å². The fraction of sp³-hybridized carbons (Fsp3) is 0.533. The van der Waals surface area contributed by atoms with Gasteiger partial charge in [-0.05, 0) is 23.5 Å². The van der Waals surface area contributed by atoms with Crippen molar-refractivity contribution in [3.05, 3.63) is 35.4 Å². The molecule has 18 heavy (non-hydrogen) atoms. The number of aliphatic carboxylic acids is 1. The maximum atomic E-state index is 10.9. The molecule has 1 aromatic rings. The summed E-state index contributed by atoms with van der Waals surface area (Å²) in [7, 11) is 0. The number of carbonyl (C=O) groups is 1. The van der Waals surface area contributed by atoms with E-state index in [0.717, 1.165) is 6.42 Å². The number of benzene rings is 1. The van der Waals surface area contributed by atoms with Gasteiger partial charge in [0.25, 0.3) is 0 Å². The van der Waals surface area contributed by atoms with E-state index >= 15 is 0 Å². The first-order chi connectivity index (χ1) is 8.58. The van der Waals surface area contributed by atoms with Crippen LogP contribution < -0.4 is 0 Å². The first-order valence-corrected chi connectivity index (χ1v) is 6.47. The van der Waals surface area contributed by atoms with E-state index in [1.54, 1.807) is 0 Å². The van der Waals surface area contributed by atoms with Crippen LogP contribution in [0.3, 0.4) is 0 Å². The highest BCUT2D eigenvalue weighted by Gasteiger charge is 2.45. The topological polar surface area (TPSA) is 46.5 Å². The van der Waals surface area contributed by atoms with Crippen LogP contribution in [0.15, 0.2) is 24.3 Å². The Bertz CT molecular complexity index is 418. The van der Waals surface area contributed by atoms with E-state index in [9.17, 15) is 4.79 Å². The van der Waals surface area contributed by atoms with Crippen LogP contribution in [0.2, 0.25) is 0 Å². The Morgan fingerprint density at radius 1 is 1.39 bits per heavy atom. The van der Waals surface area contributed by atoms with Crippen molar-refractivity contribution in [1.82, 2.24) is 0 Å². The molecular formula is C15H20O3. The molecule has 1 atom stereocenters. The van der Waals surface area contributed by atoms with Crippen LogP contribution in [0.25, 0.3) is 0 Å². The Kier molecular flexibility index (Phi) is 3.71. The minimum Gasteiger partial charge on any atom is -0.481 e. The minimum absolute atomic E-state index is 0.0937. The molecule has 0 saturated carbocycles. The van der Waals surface area contributed by atoms with Gasteiger partial charge in [0, 0.05) is 11.8 Å². The summed E-state index contributed by atoms with van der Waals surface area (Å²) in [6.45, 7) is 5.40. The van der Waals surface area contributed by atoms with Gasteiger partial charge in [-0.2, -0.15) is 0 Å². The second kappa shape index (κ2) is 5.11. The van der Waals surface area contributed by atoms with E-state index < -0.39 is 5.97 Å². The fourth-order valence-electron chi connectivity index (χ4n) is 2.59. The Hall–Kier alpha value is -1.35. The Morgan fingerprint density at radius 2 is 2.00 bits per heavy atom. The molecule has 0 aromatic heterocycles. The second-order valence-corrected chi connectivity index (χ2v) is 5.20. The zero-order valence-electron chi connectivity index (χ0n) is 11.0. The molecule has 1 aromatic carbocycles. The lowest BCUT2D eigenvalue weighted by Crippen LogP contribution is -2.52. The second-order valence-electron chi connectivity index (χ2n) is 5.20. The van der Waals surface area contributed by atoms with Crippen molar-refractivity contribution < 1.29 is 14.6 Å². The molecule has 1 aliphatic rings. The average Bonchev–Trinajstić information content (AvgIpc) is 2.27. The summed E-state index contributed by atoms with van der Waals surface area (Å²) < 4.78 is 5.36. The molecule has 0 bridgehead atoms. The van der Waals surface area contributed by atoms with Crippen LogP contribution in [-0.2, 0) is 21.4 Å². The molecule has 0 spiro atoms. The highest BCUT2D eigenvalue weighted by molar-refractivity contribution is 5.67. The van der Waals surface area contributed by atoms with Gasteiger partial charge in [-0.15, -0.1) is 0 Å². The predicted molar refractivity (Wildman–Crippen MR) is 69.7 cm³/mol. The van der Waals surface area contributed by atoms with Crippen LogP contribution in [0.4, 0.5) is 0 Å². The molecule has 2 rings (SSSR count). The van der Waals surface area contributed by atoms with E-state index in [2.05, 4.69) is 31.2 Å². The maximum Gasteiger partial charge on any atom is 0.303 e. The molecule has 3 nitrogen and oxygen atoms in total. The average molecular weight is 248 g/mol. The van der Waals surface area contributed by atoms with E-state index in [-0.39, 0.29) is 17.8 Å². The van der Waals surface area contributed by atoms with Gasteiger partial charge in [-0.1, -0.05) is 38.1 Å². The van der Waals surface area contributed by atoms with Gasteiger partial charge >= 0.3 is 5.97 Å². The van der Waals surface area contributed by atoms with Crippen molar-refractivity contribution in [2.75, 3.05) is 13.2 Å². The first-order valence-electron chi connectivity index (χ1n) is 6.47. The lowest BCUT2D eigenvalue weighted by Gasteiger charge is -2.46. The molecular weight excluding hydrogens is 228 g/mol. The van der Waals surface area contributed by atoms with Gasteiger partial charge in [0.1, 0.15) is 0 Å². The molecule has 0 aliphatic carbocycles. The summed E-state index contributed by atoms with van der Waals surface area (Å²) in [5.74, 6) is -0.643. The van der Waals surface area contributed by atoms with Gasteiger partial charge in [0.05, 0.1) is 13.2 Å². The first kappa shape index (κ1) is 13.1. The number of ether oxygens (including phenoxy) is 1. The van der Waals surface area contributed by atoms with Crippen molar-refractivity contribution in [2.45, 2.75) is 32.1 Å². The quantitative estimate of drug-likeness (QED) is 0.871. The summed E-state index contributed by atoms with van der Waals surface area (Å²) in [6.07, 6.45) is 1.22. The third-order valence-electron chi connectivity index (χ3n) is 4.08. The van der Waals surface area contributed by atoms with Crippen LogP contribution in [-0.4, -0.2) is 24.3 Å². The zero-order chi connectivity index (χ0) is 13.2. The normalized spacial score (nSPS) is 19.0. The summed E-state index contributed by atoms with van der Waals surface area (Å²) in [5.41, 5.74) is 2.41. The number of hydrogen-bond donors (Lipinski definition) is 1. The predicted octanol–water partition coefficient (Wildman–Crippen LogP) is 2.63. The standard InChI is InChI=1S/C15H20O3/c1-3-12-4-6-13(7-5-12)15(9-18-10-15)11(2)8-14(16)17/h4-7,11H,3,8-10H2,1-2H3,(H,16,17). The zero-order valence-corrected chi connectivity index (χ0v) is 11.0. The summed E-state index contributed by atoms with van der Waals surface area (Å²) >= 11 is 0. The van der Waals surface area contributed by atoms with Gasteiger partial charge in [0.15, 0.2) is 0 Å². The van der Waals surface area contributed by atoms with Crippen molar-refractivity contribution in [3.63, 3.8) is 0 Å². The Labute approximate surface area is 108 Å². The molecule has 3 heteroatoms. The van der Waals surface area contributed by atoms with Crippen LogP contribution >= 0.6 is 0 Å². The monoisotopic (exact) mass is 248 g/mol. The molecule has 1 N–H and O–H groups in total. The van der Waals surface area contributed by atoms with Crippen LogP contribution in [0.1, 0.15) is 31.4 Å². The summed E-state index contributed by atoms with van der Waals surface area (Å²) in [4.78, 5) is 10.9. The van der Waals surface area contributed by atoms with E-state index in [1.807, 2.05) is 6.92 Å². The SMILES string of the molecule is CCc1ccc(C2(C(C)CC(=O)O)COC2)cc1. The molecule has 0 radical (unpaired) electrons. The molecule has 1 fully saturated rings. The number of rotatable bonds is 5. The maximum absolute atomic E-state index is 10.9. The van der Waals surface area contributed by atoms with Crippen molar-refractivity contribution >= 4 is 5.97 Å². The Balaban J connectivity index is 2.22. The van der Waals surface area contributed by atoms with E-state index in [4.69, 9.17) is 9.84 Å². The number of carboxylic acid groups (broad SMARTS) is 1. The fourth-order valence-corrected chi connectivity index (χ4v) is 2.59. The third kappa shape index (κ3) is 2.27. The summed E-state index contributed by atoms with van der Waals surface area (Å²) in [6, 6.07) is 8.51. The van der Waals surface area contributed by atoms with Gasteiger partial charge in [-0.3, -0.25) is 4.79 Å². The van der Waals surface area contributed by atoms with Gasteiger partial charge in [-0.25, -0.2) is 0 Å². The molecule has 1 unspecified atom stereocenters. The summed E-state index contributed by atoms with van der Waals surface area (Å²) in [5, 5.41) is 8.96. The van der Waals surface area contributed by atoms with E-state index in [1.165, 1.54) is 11.1 Å². The molecule has 0 amide bonds. The van der Waals surface area contributed by atoms with Gasteiger partial charge < -0.3 is 9.84 Å². The number of hydrogen-bond acceptors (Lipinski definition) is 2. The highest BCUT2D eigenvalue weighted by Crippen LogP contribution is 2.41. The molecule has 1 aliphatic heterocycles.